The number of rotatable bonds is 4. The summed E-state index contributed by atoms with van der Waals surface area (Å²) in [5.74, 6) is 0.875. The molecule has 16 heavy (non-hydrogen) atoms. The zero-order chi connectivity index (χ0) is 11.4. The van der Waals surface area contributed by atoms with Crippen molar-refractivity contribution in [2.45, 2.75) is 45.2 Å². The lowest BCUT2D eigenvalue weighted by Gasteiger charge is -2.44. The van der Waals surface area contributed by atoms with Crippen molar-refractivity contribution in [2.75, 3.05) is 32.8 Å². The smallest absolute Gasteiger partial charge is 0.0593 e. The maximum atomic E-state index is 5.52. The molecule has 1 aliphatic carbocycles. The summed E-state index contributed by atoms with van der Waals surface area (Å²) < 4.78 is 5.52. The van der Waals surface area contributed by atoms with Crippen LogP contribution in [0.3, 0.4) is 0 Å². The summed E-state index contributed by atoms with van der Waals surface area (Å²) in [5, 5.41) is 3.57. The normalized spacial score (nSPS) is 32.4. The molecule has 0 radical (unpaired) electrons. The van der Waals surface area contributed by atoms with Crippen molar-refractivity contribution in [1.82, 2.24) is 10.2 Å². The van der Waals surface area contributed by atoms with Gasteiger partial charge in [-0.15, -0.1) is 0 Å². The number of hydrogen-bond donors (Lipinski definition) is 1. The van der Waals surface area contributed by atoms with E-state index in [4.69, 9.17) is 4.74 Å². The van der Waals surface area contributed by atoms with Crippen molar-refractivity contribution in [3.63, 3.8) is 0 Å². The molecule has 0 bridgehead atoms. The molecule has 2 aliphatic rings. The predicted octanol–water partition coefficient (Wildman–Crippen LogP) is 1.49. The second-order valence-electron chi connectivity index (χ2n) is 5.47. The summed E-state index contributed by atoms with van der Waals surface area (Å²) in [4.78, 5) is 2.66. The van der Waals surface area contributed by atoms with Crippen LogP contribution in [0.4, 0.5) is 0 Å². The molecule has 1 heterocycles. The van der Waals surface area contributed by atoms with Gasteiger partial charge >= 0.3 is 0 Å². The molecule has 0 aromatic rings. The molecule has 0 aromatic heterocycles. The maximum absolute atomic E-state index is 5.52. The molecule has 1 aliphatic heterocycles. The molecule has 94 valence electrons. The monoisotopic (exact) mass is 226 g/mol. The minimum Gasteiger partial charge on any atom is -0.380 e. The van der Waals surface area contributed by atoms with Gasteiger partial charge in [-0.05, 0) is 31.7 Å². The number of nitrogens with zero attached hydrogens (tertiary/aromatic N) is 1. The predicted molar refractivity (Wildman–Crippen MR) is 66.7 cm³/mol. The van der Waals surface area contributed by atoms with Crippen LogP contribution >= 0.6 is 0 Å². The average Bonchev–Trinajstić information content (AvgIpc) is 2.44. The Labute approximate surface area is 99.5 Å². The first kappa shape index (κ1) is 12.3. The second kappa shape index (κ2) is 5.99. The van der Waals surface area contributed by atoms with Crippen molar-refractivity contribution >= 4 is 0 Å². The van der Waals surface area contributed by atoms with Crippen LogP contribution in [0.15, 0.2) is 0 Å². The van der Waals surface area contributed by atoms with Crippen molar-refractivity contribution < 1.29 is 4.74 Å². The molecule has 0 amide bonds. The van der Waals surface area contributed by atoms with Gasteiger partial charge in [-0.1, -0.05) is 13.8 Å². The van der Waals surface area contributed by atoms with Gasteiger partial charge < -0.3 is 10.1 Å². The third-order valence-corrected chi connectivity index (χ3v) is 3.89. The van der Waals surface area contributed by atoms with Gasteiger partial charge in [-0.2, -0.15) is 0 Å². The standard InChI is InChI=1S/C13H26N2O/c1-11(2)14-10-12-4-5-13(12)15-6-3-8-16-9-7-15/h11-14H,3-10H2,1-2H3. The van der Waals surface area contributed by atoms with Crippen LogP contribution in [0.2, 0.25) is 0 Å². The fourth-order valence-corrected chi connectivity index (χ4v) is 2.75. The third-order valence-electron chi connectivity index (χ3n) is 3.89. The lowest BCUT2D eigenvalue weighted by atomic mass is 9.78. The largest absolute Gasteiger partial charge is 0.380 e. The first-order chi connectivity index (χ1) is 7.77. The molecule has 1 saturated carbocycles. The first-order valence-corrected chi connectivity index (χ1v) is 6.82. The summed E-state index contributed by atoms with van der Waals surface area (Å²) in [7, 11) is 0. The molecule has 2 rings (SSSR count). The molecule has 0 spiro atoms. The maximum Gasteiger partial charge on any atom is 0.0593 e. The first-order valence-electron chi connectivity index (χ1n) is 6.82. The van der Waals surface area contributed by atoms with E-state index in [1.165, 1.54) is 32.4 Å². The van der Waals surface area contributed by atoms with E-state index >= 15 is 0 Å². The average molecular weight is 226 g/mol. The second-order valence-corrected chi connectivity index (χ2v) is 5.47. The van der Waals surface area contributed by atoms with Gasteiger partial charge in [0.1, 0.15) is 0 Å². The van der Waals surface area contributed by atoms with E-state index in [1.807, 2.05) is 0 Å². The lowest BCUT2D eigenvalue weighted by Crippen LogP contribution is -2.51. The van der Waals surface area contributed by atoms with Crippen LogP contribution in [-0.2, 0) is 4.74 Å². The van der Waals surface area contributed by atoms with Gasteiger partial charge in [-0.3, -0.25) is 4.90 Å². The molecule has 3 heteroatoms. The summed E-state index contributed by atoms with van der Waals surface area (Å²) in [6, 6.07) is 1.45. The Morgan fingerprint density at radius 3 is 2.81 bits per heavy atom. The van der Waals surface area contributed by atoms with Gasteiger partial charge in [0, 0.05) is 31.8 Å². The highest BCUT2D eigenvalue weighted by Crippen LogP contribution is 2.32. The van der Waals surface area contributed by atoms with E-state index in [0.717, 1.165) is 31.7 Å². The number of hydrogen-bond acceptors (Lipinski definition) is 3. The van der Waals surface area contributed by atoms with Crippen LogP contribution in [0.25, 0.3) is 0 Å². The van der Waals surface area contributed by atoms with Crippen molar-refractivity contribution in [3.8, 4) is 0 Å². The van der Waals surface area contributed by atoms with Crippen LogP contribution < -0.4 is 5.32 Å². The van der Waals surface area contributed by atoms with Gasteiger partial charge in [0.05, 0.1) is 6.61 Å². The molecular formula is C13H26N2O. The van der Waals surface area contributed by atoms with Crippen molar-refractivity contribution in [3.05, 3.63) is 0 Å². The minimum absolute atomic E-state index is 0.619. The Morgan fingerprint density at radius 2 is 2.12 bits per heavy atom. The molecule has 3 nitrogen and oxygen atoms in total. The van der Waals surface area contributed by atoms with E-state index in [1.54, 1.807) is 0 Å². The zero-order valence-electron chi connectivity index (χ0n) is 10.7. The highest BCUT2D eigenvalue weighted by molar-refractivity contribution is 4.90. The molecule has 2 atom stereocenters. The Morgan fingerprint density at radius 1 is 1.25 bits per heavy atom. The van der Waals surface area contributed by atoms with Crippen LogP contribution in [0.1, 0.15) is 33.1 Å². The quantitative estimate of drug-likeness (QED) is 0.786. The highest BCUT2D eigenvalue weighted by atomic mass is 16.5. The van der Waals surface area contributed by atoms with Crippen LogP contribution in [-0.4, -0.2) is 49.8 Å². The summed E-state index contributed by atoms with van der Waals surface area (Å²) in [6.07, 6.45) is 4.01. The number of nitrogens with one attached hydrogen (secondary N) is 1. The van der Waals surface area contributed by atoms with E-state index in [0.29, 0.717) is 6.04 Å². The highest BCUT2D eigenvalue weighted by Gasteiger charge is 2.35. The Balaban J connectivity index is 1.75. The van der Waals surface area contributed by atoms with Gasteiger partial charge in [0.2, 0.25) is 0 Å². The van der Waals surface area contributed by atoms with Gasteiger partial charge in [0.25, 0.3) is 0 Å². The Bertz CT molecular complexity index is 200. The minimum atomic E-state index is 0.619. The molecule has 1 saturated heterocycles. The lowest BCUT2D eigenvalue weighted by molar-refractivity contribution is 0.0560. The Hall–Kier alpha value is -0.120. The summed E-state index contributed by atoms with van der Waals surface area (Å²) in [6.45, 7) is 9.92. The topological polar surface area (TPSA) is 24.5 Å². The number of ether oxygens (including phenoxy) is 1. The van der Waals surface area contributed by atoms with Crippen LogP contribution in [0, 0.1) is 5.92 Å². The SMILES string of the molecule is CC(C)NCC1CCC1N1CCCOCC1. The van der Waals surface area contributed by atoms with Crippen molar-refractivity contribution in [1.29, 1.82) is 0 Å². The van der Waals surface area contributed by atoms with E-state index in [2.05, 4.69) is 24.1 Å². The molecule has 1 N–H and O–H groups in total. The van der Waals surface area contributed by atoms with Gasteiger partial charge in [0.15, 0.2) is 0 Å². The molecular weight excluding hydrogens is 200 g/mol. The van der Waals surface area contributed by atoms with E-state index in [-0.39, 0.29) is 0 Å². The summed E-state index contributed by atoms with van der Waals surface area (Å²) >= 11 is 0. The molecule has 2 unspecified atom stereocenters. The van der Waals surface area contributed by atoms with Gasteiger partial charge in [-0.25, -0.2) is 0 Å². The van der Waals surface area contributed by atoms with Crippen LogP contribution in [0.5, 0.6) is 0 Å². The van der Waals surface area contributed by atoms with E-state index < -0.39 is 0 Å². The molecule has 0 aromatic carbocycles. The van der Waals surface area contributed by atoms with Crippen molar-refractivity contribution in [2.24, 2.45) is 5.92 Å². The Kier molecular flexibility index (Phi) is 4.62. The fraction of sp³-hybridized carbons (Fsp3) is 1.00. The molecule has 2 fully saturated rings. The summed E-state index contributed by atoms with van der Waals surface area (Å²) in [5.41, 5.74) is 0. The van der Waals surface area contributed by atoms with E-state index in [9.17, 15) is 0 Å². The third kappa shape index (κ3) is 3.19. The fourth-order valence-electron chi connectivity index (χ4n) is 2.75. The zero-order valence-corrected chi connectivity index (χ0v) is 10.7.